The molecular weight excluding hydrogens is 408 g/mol. The summed E-state index contributed by atoms with van der Waals surface area (Å²) in [5.41, 5.74) is 0.401. The molecule has 0 saturated carbocycles. The molecule has 3 rings (SSSR count). The van der Waals surface area contributed by atoms with Crippen LogP contribution in [0.15, 0.2) is 68.6 Å². The zero-order chi connectivity index (χ0) is 20.7. The quantitative estimate of drug-likeness (QED) is 0.427. The Morgan fingerprint density at radius 3 is 2.18 bits per heavy atom. The summed E-state index contributed by atoms with van der Waals surface area (Å²) in [5.74, 6) is -0.281. The lowest BCUT2D eigenvalue weighted by Crippen LogP contribution is -1.98. The molecule has 0 aliphatic carbocycles. The number of hydrogen-bond acceptors (Lipinski definition) is 7. The van der Waals surface area contributed by atoms with Crippen LogP contribution in [0.3, 0.4) is 0 Å². The zero-order valence-corrected chi connectivity index (χ0v) is 15.9. The minimum absolute atomic E-state index is 0.0405. The first-order valence-corrected chi connectivity index (χ1v) is 10.6. The summed E-state index contributed by atoms with van der Waals surface area (Å²) >= 11 is 0. The smallest absolute Gasteiger partial charge is 0.296 e. The molecule has 0 fully saturated rings. The van der Waals surface area contributed by atoms with Gasteiger partial charge in [0.25, 0.3) is 20.2 Å². The molecular formula is C17H14N2O7S2. The van der Waals surface area contributed by atoms with E-state index in [1.54, 1.807) is 13.0 Å². The highest BCUT2D eigenvalue weighted by atomic mass is 32.2. The van der Waals surface area contributed by atoms with E-state index in [0.717, 1.165) is 6.07 Å². The number of azo groups is 1. The number of aromatic hydroxyl groups is 1. The molecule has 0 amide bonds. The second-order valence-electron chi connectivity index (χ2n) is 5.94. The molecule has 0 aromatic heterocycles. The van der Waals surface area contributed by atoms with Gasteiger partial charge in [0.2, 0.25) is 0 Å². The molecule has 3 aromatic carbocycles. The Bertz CT molecular complexity index is 1330. The van der Waals surface area contributed by atoms with E-state index >= 15 is 0 Å². The van der Waals surface area contributed by atoms with E-state index in [-0.39, 0.29) is 22.0 Å². The summed E-state index contributed by atoms with van der Waals surface area (Å²) in [6.45, 7) is 1.64. The third-order valence-corrected chi connectivity index (χ3v) is 5.62. The first kappa shape index (κ1) is 19.9. The Labute approximate surface area is 160 Å². The first-order chi connectivity index (χ1) is 13.0. The van der Waals surface area contributed by atoms with E-state index in [9.17, 15) is 26.5 Å². The fourth-order valence-electron chi connectivity index (χ4n) is 2.56. The van der Waals surface area contributed by atoms with Gasteiger partial charge in [-0.2, -0.15) is 16.8 Å². The van der Waals surface area contributed by atoms with Crippen molar-refractivity contribution >= 4 is 42.4 Å². The Hall–Kier alpha value is -2.86. The van der Waals surface area contributed by atoms with Crippen LogP contribution in [0, 0.1) is 6.92 Å². The number of rotatable bonds is 4. The molecule has 0 spiro atoms. The molecule has 9 nitrogen and oxygen atoms in total. The first-order valence-electron chi connectivity index (χ1n) is 7.70. The van der Waals surface area contributed by atoms with Crippen LogP contribution in [-0.2, 0) is 20.2 Å². The predicted octanol–water partition coefficient (Wildman–Crippen LogP) is 3.76. The molecule has 0 aliphatic heterocycles. The fourth-order valence-corrected chi connectivity index (χ4v) is 3.78. The second kappa shape index (κ2) is 6.95. The van der Waals surface area contributed by atoms with Crippen molar-refractivity contribution in [2.75, 3.05) is 0 Å². The maximum absolute atomic E-state index is 11.6. The average Bonchev–Trinajstić information content (AvgIpc) is 2.59. The van der Waals surface area contributed by atoms with Crippen molar-refractivity contribution in [2.24, 2.45) is 10.2 Å². The molecule has 0 bridgehead atoms. The minimum atomic E-state index is -4.55. The highest BCUT2D eigenvalue weighted by Crippen LogP contribution is 2.37. The molecule has 0 saturated heterocycles. The van der Waals surface area contributed by atoms with Crippen LogP contribution in [0.1, 0.15) is 5.56 Å². The second-order valence-corrected chi connectivity index (χ2v) is 8.75. The third kappa shape index (κ3) is 4.02. The van der Waals surface area contributed by atoms with Gasteiger partial charge in [-0.3, -0.25) is 9.11 Å². The molecule has 28 heavy (non-hydrogen) atoms. The van der Waals surface area contributed by atoms with Gasteiger partial charge in [-0.05, 0) is 48.2 Å². The van der Waals surface area contributed by atoms with Gasteiger partial charge in [-0.25, -0.2) is 0 Å². The Kier molecular flexibility index (Phi) is 4.93. The van der Waals surface area contributed by atoms with Crippen LogP contribution in [0.5, 0.6) is 5.75 Å². The van der Waals surface area contributed by atoms with Gasteiger partial charge in [0.15, 0.2) is 0 Å². The highest BCUT2D eigenvalue weighted by Gasteiger charge is 2.17. The number of nitrogens with zero attached hydrogens (tertiary/aromatic N) is 2. The van der Waals surface area contributed by atoms with Crippen molar-refractivity contribution in [3.05, 3.63) is 54.1 Å². The lowest BCUT2D eigenvalue weighted by Gasteiger charge is -2.06. The van der Waals surface area contributed by atoms with Crippen molar-refractivity contribution in [1.29, 1.82) is 0 Å². The van der Waals surface area contributed by atoms with E-state index in [1.807, 2.05) is 0 Å². The van der Waals surface area contributed by atoms with Crippen molar-refractivity contribution in [2.45, 2.75) is 16.7 Å². The van der Waals surface area contributed by atoms with Crippen LogP contribution < -0.4 is 0 Å². The number of hydrogen-bond donors (Lipinski definition) is 3. The number of aryl methyl sites for hydroxylation is 1. The summed E-state index contributed by atoms with van der Waals surface area (Å²) in [6, 6.07) is 10.5. The van der Waals surface area contributed by atoms with Gasteiger partial charge in [0.1, 0.15) is 22.0 Å². The van der Waals surface area contributed by atoms with Gasteiger partial charge < -0.3 is 5.11 Å². The number of fused-ring (bicyclic) bond motifs is 1. The monoisotopic (exact) mass is 422 g/mol. The number of phenols is 1. The molecule has 11 heteroatoms. The SMILES string of the molecule is Cc1ccc(N=Nc2c(O)ccc3cc(S(=O)(=O)O)ccc23)c(S(=O)(=O)O)c1. The Morgan fingerprint density at radius 2 is 1.54 bits per heavy atom. The van der Waals surface area contributed by atoms with E-state index in [1.165, 1.54) is 36.4 Å². The topological polar surface area (TPSA) is 154 Å². The lowest BCUT2D eigenvalue weighted by atomic mass is 10.1. The normalized spacial score (nSPS) is 12.7. The van der Waals surface area contributed by atoms with Gasteiger partial charge in [0, 0.05) is 5.39 Å². The molecule has 3 N–H and O–H groups in total. The molecule has 0 aliphatic rings. The number of benzene rings is 3. The predicted molar refractivity (Wildman–Crippen MR) is 101 cm³/mol. The molecule has 0 heterocycles. The van der Waals surface area contributed by atoms with E-state index in [0.29, 0.717) is 16.3 Å². The van der Waals surface area contributed by atoms with Crippen LogP contribution in [0.25, 0.3) is 10.8 Å². The van der Waals surface area contributed by atoms with Crippen molar-refractivity contribution in [3.8, 4) is 5.75 Å². The summed E-state index contributed by atoms with van der Waals surface area (Å²) in [4.78, 5) is -0.773. The maximum Gasteiger partial charge on any atom is 0.296 e. The largest absolute Gasteiger partial charge is 0.506 e. The van der Waals surface area contributed by atoms with Crippen molar-refractivity contribution in [1.82, 2.24) is 0 Å². The summed E-state index contributed by atoms with van der Waals surface area (Å²) < 4.78 is 64.2. The number of phenolic OH excluding ortho intramolecular Hbond substituents is 1. The maximum atomic E-state index is 11.6. The van der Waals surface area contributed by atoms with Crippen molar-refractivity contribution in [3.63, 3.8) is 0 Å². The standard InChI is InChI=1S/C17H14N2O7S2/c1-10-2-6-14(16(8-10)28(24,25)26)18-19-17-13-5-4-12(27(21,22)23)9-11(13)3-7-15(17)20/h2-9,20H,1H3,(H,21,22,23)(H,24,25,26). The molecule has 0 atom stereocenters. The van der Waals surface area contributed by atoms with Crippen LogP contribution >= 0.6 is 0 Å². The van der Waals surface area contributed by atoms with E-state index < -0.39 is 25.1 Å². The molecule has 0 radical (unpaired) electrons. The third-order valence-electron chi connectivity index (χ3n) is 3.89. The van der Waals surface area contributed by atoms with Crippen LogP contribution in [0.2, 0.25) is 0 Å². The Morgan fingerprint density at radius 1 is 0.821 bits per heavy atom. The average molecular weight is 422 g/mol. The fraction of sp³-hybridized carbons (Fsp3) is 0.0588. The van der Waals surface area contributed by atoms with Gasteiger partial charge in [-0.1, -0.05) is 18.2 Å². The van der Waals surface area contributed by atoms with Gasteiger partial charge >= 0.3 is 0 Å². The van der Waals surface area contributed by atoms with Gasteiger partial charge in [-0.15, -0.1) is 10.2 Å². The van der Waals surface area contributed by atoms with E-state index in [2.05, 4.69) is 10.2 Å². The van der Waals surface area contributed by atoms with E-state index in [4.69, 9.17) is 4.55 Å². The summed E-state index contributed by atoms with van der Waals surface area (Å²) in [7, 11) is -8.96. The molecule has 0 unspecified atom stereocenters. The Balaban J connectivity index is 2.17. The van der Waals surface area contributed by atoms with Crippen molar-refractivity contribution < 1.29 is 31.0 Å². The minimum Gasteiger partial charge on any atom is -0.506 e. The van der Waals surface area contributed by atoms with Crippen LogP contribution in [0.4, 0.5) is 11.4 Å². The highest BCUT2D eigenvalue weighted by molar-refractivity contribution is 7.86. The molecule has 146 valence electrons. The zero-order valence-electron chi connectivity index (χ0n) is 14.3. The van der Waals surface area contributed by atoms with Gasteiger partial charge in [0.05, 0.1) is 4.90 Å². The molecule has 3 aromatic rings. The lowest BCUT2D eigenvalue weighted by molar-refractivity contribution is 0.477. The summed E-state index contributed by atoms with van der Waals surface area (Å²) in [6.07, 6.45) is 0. The summed E-state index contributed by atoms with van der Waals surface area (Å²) in [5, 5.41) is 18.5. The van der Waals surface area contributed by atoms with Crippen LogP contribution in [-0.4, -0.2) is 31.0 Å².